The molecular weight excluding hydrogens is 350 g/mol. The summed E-state index contributed by atoms with van der Waals surface area (Å²) in [5.74, 6) is 1.91. The summed E-state index contributed by atoms with van der Waals surface area (Å²) in [5, 5.41) is 3.08. The fourth-order valence-corrected chi connectivity index (χ4v) is 3.91. The quantitative estimate of drug-likeness (QED) is 0.799. The third-order valence-corrected chi connectivity index (χ3v) is 5.66. The van der Waals surface area contributed by atoms with E-state index in [-0.39, 0.29) is 5.91 Å². The van der Waals surface area contributed by atoms with Gasteiger partial charge in [-0.05, 0) is 32.1 Å². The van der Waals surface area contributed by atoms with Crippen molar-refractivity contribution in [3.63, 3.8) is 0 Å². The van der Waals surface area contributed by atoms with Crippen LogP contribution in [0, 0.1) is 12.8 Å². The van der Waals surface area contributed by atoms with Crippen molar-refractivity contribution in [3.05, 3.63) is 28.5 Å². The third-order valence-electron chi connectivity index (χ3n) is 4.66. The predicted octanol–water partition coefficient (Wildman–Crippen LogP) is 2.22. The number of carbonyl (C=O) groups is 1. The highest BCUT2D eigenvalue weighted by atomic mass is 32.1. The number of nitrogens with zero attached hydrogens (tertiary/aromatic N) is 4. The van der Waals surface area contributed by atoms with Crippen molar-refractivity contribution in [2.24, 2.45) is 5.92 Å². The number of hydrogen-bond donors (Lipinski definition) is 1. The van der Waals surface area contributed by atoms with Crippen LogP contribution in [0.25, 0.3) is 0 Å². The number of ether oxygens (including phenoxy) is 1. The number of piperidine rings is 1. The van der Waals surface area contributed by atoms with Crippen LogP contribution in [0.1, 0.15) is 29.8 Å². The molecule has 0 bridgehead atoms. The van der Waals surface area contributed by atoms with Crippen LogP contribution in [-0.2, 0) is 11.2 Å². The molecule has 1 N–H and O–H groups in total. The van der Waals surface area contributed by atoms with E-state index in [1.807, 2.05) is 12.4 Å². The van der Waals surface area contributed by atoms with Gasteiger partial charge in [0.2, 0.25) is 11.9 Å². The fraction of sp³-hybridized carbons (Fsp3) is 0.556. The average molecular weight is 375 g/mol. The van der Waals surface area contributed by atoms with Crippen LogP contribution in [0.3, 0.4) is 0 Å². The van der Waals surface area contributed by atoms with Gasteiger partial charge in [0.05, 0.1) is 30.7 Å². The summed E-state index contributed by atoms with van der Waals surface area (Å²) in [6, 6.07) is 0. The molecule has 0 radical (unpaired) electrons. The number of methoxy groups -OCH3 is 1. The Morgan fingerprint density at radius 2 is 2.19 bits per heavy atom. The molecule has 7 nitrogen and oxygen atoms in total. The Bertz CT molecular complexity index is 719. The molecule has 3 rings (SSSR count). The summed E-state index contributed by atoms with van der Waals surface area (Å²) in [6.45, 7) is 4.50. The van der Waals surface area contributed by atoms with E-state index in [1.165, 1.54) is 4.88 Å². The number of amides is 1. The molecular formula is C18H25N5O2S. The number of nitrogens with one attached hydrogen (secondary N) is 1. The van der Waals surface area contributed by atoms with Crippen LogP contribution in [0.2, 0.25) is 0 Å². The molecule has 1 aliphatic rings. The predicted molar refractivity (Wildman–Crippen MR) is 102 cm³/mol. The molecule has 1 saturated heterocycles. The minimum Gasteiger partial charge on any atom is -0.494 e. The minimum absolute atomic E-state index is 0.107. The van der Waals surface area contributed by atoms with Gasteiger partial charge in [0.25, 0.3) is 0 Å². The topological polar surface area (TPSA) is 80.2 Å². The molecule has 0 aliphatic carbocycles. The SMILES string of the molecule is COc1cnc(N2CCCC(CNC(=O)CCc3scnc3C)C2)nc1. The van der Waals surface area contributed by atoms with Gasteiger partial charge in [-0.2, -0.15) is 0 Å². The maximum absolute atomic E-state index is 12.1. The second-order valence-corrected chi connectivity index (χ2v) is 7.48. The Balaban J connectivity index is 1.44. The first-order valence-corrected chi connectivity index (χ1v) is 9.80. The van der Waals surface area contributed by atoms with Gasteiger partial charge in [0.15, 0.2) is 5.75 Å². The molecule has 1 atom stereocenters. The average Bonchev–Trinajstić information content (AvgIpc) is 3.10. The molecule has 1 fully saturated rings. The molecule has 8 heteroatoms. The molecule has 3 heterocycles. The van der Waals surface area contributed by atoms with Crippen molar-refractivity contribution in [2.45, 2.75) is 32.6 Å². The molecule has 0 aromatic carbocycles. The highest BCUT2D eigenvalue weighted by Gasteiger charge is 2.22. The van der Waals surface area contributed by atoms with E-state index < -0.39 is 0 Å². The number of anilines is 1. The Labute approximate surface area is 157 Å². The number of aryl methyl sites for hydroxylation is 2. The van der Waals surface area contributed by atoms with Crippen molar-refractivity contribution in [2.75, 3.05) is 31.6 Å². The van der Waals surface area contributed by atoms with Crippen molar-refractivity contribution in [1.29, 1.82) is 0 Å². The maximum Gasteiger partial charge on any atom is 0.225 e. The molecule has 2 aromatic rings. The van der Waals surface area contributed by atoms with E-state index in [4.69, 9.17) is 4.74 Å². The van der Waals surface area contributed by atoms with Crippen LogP contribution in [0.5, 0.6) is 5.75 Å². The minimum atomic E-state index is 0.107. The van der Waals surface area contributed by atoms with E-state index in [1.54, 1.807) is 30.8 Å². The van der Waals surface area contributed by atoms with E-state index in [0.717, 1.165) is 44.0 Å². The van der Waals surface area contributed by atoms with Crippen LogP contribution < -0.4 is 15.0 Å². The van der Waals surface area contributed by atoms with Gasteiger partial charge in [0.1, 0.15) is 0 Å². The summed E-state index contributed by atoms with van der Waals surface area (Å²) in [5.41, 5.74) is 2.87. The maximum atomic E-state index is 12.1. The number of aromatic nitrogens is 3. The van der Waals surface area contributed by atoms with E-state index in [9.17, 15) is 4.79 Å². The summed E-state index contributed by atoms with van der Waals surface area (Å²) in [6.07, 6.45) is 6.85. The first-order valence-electron chi connectivity index (χ1n) is 8.92. The summed E-state index contributed by atoms with van der Waals surface area (Å²) in [7, 11) is 1.61. The smallest absolute Gasteiger partial charge is 0.225 e. The lowest BCUT2D eigenvalue weighted by atomic mass is 9.98. The Hall–Kier alpha value is -2.22. The molecule has 1 unspecified atom stereocenters. The zero-order chi connectivity index (χ0) is 18.4. The van der Waals surface area contributed by atoms with E-state index >= 15 is 0 Å². The molecule has 0 saturated carbocycles. The largest absolute Gasteiger partial charge is 0.494 e. The second-order valence-electron chi connectivity index (χ2n) is 6.54. The molecule has 1 amide bonds. The number of thiazole rings is 1. The van der Waals surface area contributed by atoms with Crippen LogP contribution >= 0.6 is 11.3 Å². The van der Waals surface area contributed by atoms with Gasteiger partial charge in [-0.25, -0.2) is 15.0 Å². The van der Waals surface area contributed by atoms with Crippen molar-refractivity contribution in [1.82, 2.24) is 20.3 Å². The second kappa shape index (κ2) is 8.93. The lowest BCUT2D eigenvalue weighted by Gasteiger charge is -2.32. The van der Waals surface area contributed by atoms with Gasteiger partial charge in [-0.3, -0.25) is 4.79 Å². The molecule has 140 valence electrons. The Morgan fingerprint density at radius 3 is 2.88 bits per heavy atom. The van der Waals surface area contributed by atoms with Crippen LogP contribution in [0.15, 0.2) is 17.9 Å². The van der Waals surface area contributed by atoms with Crippen molar-refractivity contribution < 1.29 is 9.53 Å². The first kappa shape index (κ1) is 18.6. The van der Waals surface area contributed by atoms with Crippen molar-refractivity contribution >= 4 is 23.2 Å². The van der Waals surface area contributed by atoms with E-state index in [0.29, 0.717) is 24.6 Å². The van der Waals surface area contributed by atoms with Gasteiger partial charge in [-0.15, -0.1) is 11.3 Å². The summed E-state index contributed by atoms with van der Waals surface area (Å²) >= 11 is 1.62. The molecule has 1 aliphatic heterocycles. The number of rotatable bonds is 7. The molecule has 26 heavy (non-hydrogen) atoms. The molecule has 0 spiro atoms. The summed E-state index contributed by atoms with van der Waals surface area (Å²) < 4.78 is 5.11. The van der Waals surface area contributed by atoms with Crippen molar-refractivity contribution in [3.8, 4) is 5.75 Å². The normalized spacial score (nSPS) is 17.2. The van der Waals surface area contributed by atoms with Gasteiger partial charge in [0, 0.05) is 30.9 Å². The number of hydrogen-bond acceptors (Lipinski definition) is 7. The van der Waals surface area contributed by atoms with Crippen LogP contribution in [-0.4, -0.2) is 47.6 Å². The third kappa shape index (κ3) is 4.91. The van der Waals surface area contributed by atoms with Gasteiger partial charge in [-0.1, -0.05) is 0 Å². The summed E-state index contributed by atoms with van der Waals surface area (Å²) in [4.78, 5) is 28.5. The van der Waals surface area contributed by atoms with Crippen LogP contribution in [0.4, 0.5) is 5.95 Å². The zero-order valence-corrected chi connectivity index (χ0v) is 16.1. The highest BCUT2D eigenvalue weighted by Crippen LogP contribution is 2.21. The highest BCUT2D eigenvalue weighted by molar-refractivity contribution is 7.09. The van der Waals surface area contributed by atoms with E-state index in [2.05, 4.69) is 25.2 Å². The lowest BCUT2D eigenvalue weighted by Crippen LogP contribution is -2.41. The fourth-order valence-electron chi connectivity index (χ4n) is 3.13. The zero-order valence-electron chi connectivity index (χ0n) is 15.3. The molecule has 2 aromatic heterocycles. The standard InChI is InChI=1S/C18H25N5O2S/c1-13-16(26-12-22-13)5-6-17(24)19-8-14-4-3-7-23(11-14)18-20-9-15(25-2)10-21-18/h9-10,12,14H,3-8,11H2,1-2H3,(H,19,24). The monoisotopic (exact) mass is 375 g/mol. The Morgan fingerprint density at radius 1 is 1.38 bits per heavy atom. The Kier molecular flexibility index (Phi) is 6.38. The van der Waals surface area contributed by atoms with Gasteiger partial charge < -0.3 is 15.0 Å². The first-order chi connectivity index (χ1) is 12.7. The lowest BCUT2D eigenvalue weighted by molar-refractivity contribution is -0.121. The number of carbonyl (C=O) groups excluding carboxylic acids is 1. The van der Waals surface area contributed by atoms with Gasteiger partial charge >= 0.3 is 0 Å².